The number of alkyl halides is 3. The van der Waals surface area contributed by atoms with Crippen LogP contribution in [0.1, 0.15) is 27.6 Å². The molecule has 0 amide bonds. The second-order valence-corrected chi connectivity index (χ2v) is 5.05. The van der Waals surface area contributed by atoms with Crippen LogP contribution in [-0.4, -0.2) is 30.6 Å². The van der Waals surface area contributed by atoms with Gasteiger partial charge in [-0.05, 0) is 31.2 Å². The second-order valence-electron chi connectivity index (χ2n) is 4.62. The predicted molar refractivity (Wildman–Crippen MR) is 73.2 cm³/mol. The van der Waals surface area contributed by atoms with Crippen LogP contribution in [0.2, 0.25) is 5.02 Å². The first-order chi connectivity index (χ1) is 10.8. The Bertz CT molecular complexity index is 904. The smallest absolute Gasteiger partial charge is 0.287 e. The summed E-state index contributed by atoms with van der Waals surface area (Å²) < 4.78 is 38.8. The molecule has 0 fully saturated rings. The van der Waals surface area contributed by atoms with Crippen molar-refractivity contribution < 1.29 is 18.0 Å². The van der Waals surface area contributed by atoms with E-state index in [9.17, 15) is 18.0 Å². The molecule has 118 valence electrons. The van der Waals surface area contributed by atoms with Gasteiger partial charge in [0.2, 0.25) is 5.78 Å². The minimum absolute atomic E-state index is 0.109. The van der Waals surface area contributed by atoms with E-state index in [2.05, 4.69) is 20.3 Å². The minimum Gasteiger partial charge on any atom is -0.287 e. The number of carbonyl (C=O) groups is 1. The summed E-state index contributed by atoms with van der Waals surface area (Å²) in [6.07, 6.45) is -4.71. The molecule has 3 aromatic rings. The normalized spacial score (nSPS) is 11.9. The molecule has 0 atom stereocenters. The average molecular weight is 342 g/mol. The number of halogens is 4. The fraction of sp³-hybridized carbons (Fsp3) is 0.154. The van der Waals surface area contributed by atoms with Crippen LogP contribution < -0.4 is 0 Å². The molecule has 6 nitrogen and oxygen atoms in total. The highest BCUT2D eigenvalue weighted by Gasteiger charge is 2.37. The number of rotatable bonds is 2. The maximum absolute atomic E-state index is 12.7. The summed E-state index contributed by atoms with van der Waals surface area (Å²) in [4.78, 5) is 15.7. The molecular weight excluding hydrogens is 335 g/mol. The van der Waals surface area contributed by atoms with Crippen LogP contribution in [0.15, 0.2) is 24.3 Å². The van der Waals surface area contributed by atoms with Gasteiger partial charge >= 0.3 is 6.18 Å². The third-order valence-corrected chi connectivity index (χ3v) is 3.32. The highest BCUT2D eigenvalue weighted by atomic mass is 35.5. The first-order valence-corrected chi connectivity index (χ1v) is 6.62. The molecule has 0 saturated heterocycles. The van der Waals surface area contributed by atoms with Crippen LogP contribution in [0.5, 0.6) is 0 Å². The van der Waals surface area contributed by atoms with E-state index < -0.39 is 17.8 Å². The molecule has 0 radical (unpaired) electrons. The second kappa shape index (κ2) is 5.27. The zero-order valence-corrected chi connectivity index (χ0v) is 12.2. The fourth-order valence-corrected chi connectivity index (χ4v) is 2.05. The summed E-state index contributed by atoms with van der Waals surface area (Å²) in [5, 5.41) is 11.0. The van der Waals surface area contributed by atoms with Gasteiger partial charge in [0.15, 0.2) is 5.69 Å². The van der Waals surface area contributed by atoms with Crippen LogP contribution in [0.3, 0.4) is 0 Å². The monoisotopic (exact) mass is 341 g/mol. The molecule has 0 N–H and O–H groups in total. The van der Waals surface area contributed by atoms with E-state index in [-0.39, 0.29) is 22.7 Å². The highest BCUT2D eigenvalue weighted by Crippen LogP contribution is 2.26. The van der Waals surface area contributed by atoms with E-state index in [1.54, 1.807) is 0 Å². The Morgan fingerprint density at radius 3 is 2.43 bits per heavy atom. The standard InChI is InChI=1S/C13H7ClF3N5O/c1-6-9(10(23)7-2-4-8(14)5-3-7)19-20-12-18-11(13(15,16)17)21-22(6)12/h2-5H,1H3. The maximum atomic E-state index is 12.7. The van der Waals surface area contributed by atoms with Gasteiger partial charge in [0.05, 0.1) is 5.69 Å². The molecule has 0 aliphatic heterocycles. The van der Waals surface area contributed by atoms with Gasteiger partial charge in [-0.2, -0.15) is 22.7 Å². The van der Waals surface area contributed by atoms with Crippen molar-refractivity contribution >= 4 is 23.2 Å². The number of benzene rings is 1. The number of aryl methyl sites for hydroxylation is 1. The zero-order valence-electron chi connectivity index (χ0n) is 11.5. The van der Waals surface area contributed by atoms with E-state index in [0.29, 0.717) is 5.02 Å². The SMILES string of the molecule is Cc1c(C(=O)c2ccc(Cl)cc2)nnc2nc(C(F)(F)F)nn12. The van der Waals surface area contributed by atoms with Gasteiger partial charge in [-0.1, -0.05) is 11.6 Å². The number of fused-ring (bicyclic) bond motifs is 1. The first-order valence-electron chi connectivity index (χ1n) is 6.25. The molecule has 0 bridgehead atoms. The lowest BCUT2D eigenvalue weighted by molar-refractivity contribution is -0.144. The van der Waals surface area contributed by atoms with Crippen molar-refractivity contribution in [3.05, 3.63) is 52.1 Å². The highest BCUT2D eigenvalue weighted by molar-refractivity contribution is 6.30. The lowest BCUT2D eigenvalue weighted by Crippen LogP contribution is -2.13. The Morgan fingerprint density at radius 2 is 1.83 bits per heavy atom. The number of hydrogen-bond acceptors (Lipinski definition) is 5. The van der Waals surface area contributed by atoms with E-state index in [1.807, 2.05) is 0 Å². The zero-order chi connectivity index (χ0) is 16.8. The average Bonchev–Trinajstić information content (AvgIpc) is 2.93. The van der Waals surface area contributed by atoms with E-state index in [1.165, 1.54) is 31.2 Å². The first kappa shape index (κ1) is 15.3. The molecule has 1 aromatic carbocycles. The van der Waals surface area contributed by atoms with Crippen molar-refractivity contribution in [1.82, 2.24) is 24.8 Å². The van der Waals surface area contributed by atoms with Gasteiger partial charge < -0.3 is 0 Å². The van der Waals surface area contributed by atoms with Crippen LogP contribution >= 0.6 is 11.6 Å². The fourth-order valence-electron chi connectivity index (χ4n) is 1.93. The largest absolute Gasteiger partial charge is 0.453 e. The Kier molecular flexibility index (Phi) is 3.52. The van der Waals surface area contributed by atoms with Gasteiger partial charge in [-0.15, -0.1) is 15.3 Å². The molecule has 0 saturated carbocycles. The molecule has 0 aliphatic rings. The van der Waals surface area contributed by atoms with Crippen LogP contribution in [0.25, 0.3) is 5.78 Å². The Balaban J connectivity index is 2.10. The lowest BCUT2D eigenvalue weighted by atomic mass is 10.1. The van der Waals surface area contributed by atoms with Gasteiger partial charge in [0.1, 0.15) is 0 Å². The maximum Gasteiger partial charge on any atom is 0.453 e. The minimum atomic E-state index is -4.71. The molecule has 2 heterocycles. The van der Waals surface area contributed by atoms with Gasteiger partial charge in [0.25, 0.3) is 11.6 Å². The predicted octanol–water partition coefficient (Wildman–Crippen LogP) is 2.73. The van der Waals surface area contributed by atoms with Crippen molar-refractivity contribution in [3.8, 4) is 0 Å². The van der Waals surface area contributed by atoms with Gasteiger partial charge in [-0.3, -0.25) is 4.79 Å². The summed E-state index contributed by atoms with van der Waals surface area (Å²) in [5.74, 6) is -2.17. The van der Waals surface area contributed by atoms with E-state index in [0.717, 1.165) is 4.52 Å². The summed E-state index contributed by atoms with van der Waals surface area (Å²) in [7, 11) is 0. The third-order valence-electron chi connectivity index (χ3n) is 3.06. The topological polar surface area (TPSA) is 73.0 Å². The molecular formula is C13H7ClF3N5O. The summed E-state index contributed by atoms with van der Waals surface area (Å²) >= 11 is 5.75. The van der Waals surface area contributed by atoms with Crippen LogP contribution in [0, 0.1) is 6.92 Å². The molecule has 0 unspecified atom stereocenters. The molecule has 23 heavy (non-hydrogen) atoms. The molecule has 0 spiro atoms. The molecule has 2 aromatic heterocycles. The molecule has 0 aliphatic carbocycles. The quantitative estimate of drug-likeness (QED) is 0.670. The van der Waals surface area contributed by atoms with Crippen molar-refractivity contribution in [2.45, 2.75) is 13.1 Å². The van der Waals surface area contributed by atoms with Gasteiger partial charge in [-0.25, -0.2) is 0 Å². The Labute approximate surface area is 131 Å². The number of aromatic nitrogens is 5. The van der Waals surface area contributed by atoms with Crippen LogP contribution in [0.4, 0.5) is 13.2 Å². The van der Waals surface area contributed by atoms with Crippen molar-refractivity contribution in [3.63, 3.8) is 0 Å². The number of ketones is 1. The number of carbonyl (C=O) groups excluding carboxylic acids is 1. The van der Waals surface area contributed by atoms with Crippen molar-refractivity contribution in [2.24, 2.45) is 0 Å². The Morgan fingerprint density at radius 1 is 1.17 bits per heavy atom. The number of nitrogens with zero attached hydrogens (tertiary/aromatic N) is 5. The van der Waals surface area contributed by atoms with Crippen LogP contribution in [-0.2, 0) is 6.18 Å². The summed E-state index contributed by atoms with van der Waals surface area (Å²) in [5.41, 5.74) is 0.277. The molecule has 10 heteroatoms. The van der Waals surface area contributed by atoms with E-state index in [4.69, 9.17) is 11.6 Å². The number of hydrogen-bond donors (Lipinski definition) is 0. The lowest BCUT2D eigenvalue weighted by Gasteiger charge is -2.04. The summed E-state index contributed by atoms with van der Waals surface area (Å²) in [6.45, 7) is 1.42. The Hall–Kier alpha value is -2.55. The van der Waals surface area contributed by atoms with Gasteiger partial charge in [0, 0.05) is 10.6 Å². The third kappa shape index (κ3) is 2.74. The molecule has 3 rings (SSSR count). The van der Waals surface area contributed by atoms with Crippen molar-refractivity contribution in [2.75, 3.05) is 0 Å². The summed E-state index contributed by atoms with van der Waals surface area (Å²) in [6, 6.07) is 6.01. The van der Waals surface area contributed by atoms with Crippen molar-refractivity contribution in [1.29, 1.82) is 0 Å². The van der Waals surface area contributed by atoms with E-state index >= 15 is 0 Å².